The summed E-state index contributed by atoms with van der Waals surface area (Å²) in [5.41, 5.74) is 4.17. The fourth-order valence-corrected chi connectivity index (χ4v) is 2.54. The fourth-order valence-electron chi connectivity index (χ4n) is 2.18. The highest BCUT2D eigenvalue weighted by molar-refractivity contribution is 9.10. The Labute approximate surface area is 123 Å². The van der Waals surface area contributed by atoms with Gasteiger partial charge >= 0.3 is 5.97 Å². The van der Waals surface area contributed by atoms with Crippen molar-refractivity contribution in [3.63, 3.8) is 0 Å². The van der Waals surface area contributed by atoms with E-state index >= 15 is 0 Å². The maximum Gasteiger partial charge on any atom is 0.354 e. The van der Waals surface area contributed by atoms with Gasteiger partial charge in [-0.1, -0.05) is 22.0 Å². The molecule has 0 radical (unpaired) electrons. The molecule has 2 heterocycles. The summed E-state index contributed by atoms with van der Waals surface area (Å²) in [4.78, 5) is 14.8. The van der Waals surface area contributed by atoms with Gasteiger partial charge in [0, 0.05) is 21.7 Å². The first kappa shape index (κ1) is 12.9. The van der Waals surface area contributed by atoms with E-state index in [9.17, 15) is 4.79 Å². The van der Waals surface area contributed by atoms with Crippen LogP contribution in [0.25, 0.3) is 16.6 Å². The summed E-state index contributed by atoms with van der Waals surface area (Å²) in [5, 5.41) is 8.97. The first-order chi connectivity index (χ1) is 9.54. The number of carboxylic acid groups (broad SMARTS) is 1. The van der Waals surface area contributed by atoms with Crippen molar-refractivity contribution in [1.82, 2.24) is 9.38 Å². The monoisotopic (exact) mass is 330 g/mol. The zero-order valence-electron chi connectivity index (χ0n) is 10.7. The van der Waals surface area contributed by atoms with Crippen LogP contribution in [0.3, 0.4) is 0 Å². The molecule has 1 N–H and O–H groups in total. The fraction of sp³-hybridized carbons (Fsp3) is 0.0667. The summed E-state index contributed by atoms with van der Waals surface area (Å²) in [6.45, 7) is 2.05. The summed E-state index contributed by atoms with van der Waals surface area (Å²) in [5.74, 6) is -1.02. The number of benzene rings is 1. The number of aromatic nitrogens is 2. The lowest BCUT2D eigenvalue weighted by Gasteiger charge is -2.03. The molecule has 0 aliphatic heterocycles. The predicted octanol–water partition coefficient (Wildman–Crippen LogP) is 3.77. The summed E-state index contributed by atoms with van der Waals surface area (Å²) >= 11 is 3.47. The lowest BCUT2D eigenvalue weighted by molar-refractivity contribution is 0.0690. The third kappa shape index (κ3) is 2.20. The number of hydrogen-bond acceptors (Lipinski definition) is 2. The minimum absolute atomic E-state index is 0.0492. The molecule has 3 aromatic rings. The van der Waals surface area contributed by atoms with Crippen molar-refractivity contribution < 1.29 is 9.90 Å². The second kappa shape index (κ2) is 4.76. The summed E-state index contributed by atoms with van der Waals surface area (Å²) in [6.07, 6.45) is 3.47. The Morgan fingerprint density at radius 1 is 1.30 bits per heavy atom. The second-order valence-corrected chi connectivity index (χ2v) is 5.52. The van der Waals surface area contributed by atoms with Crippen molar-refractivity contribution in [1.29, 1.82) is 0 Å². The van der Waals surface area contributed by atoms with Gasteiger partial charge in [-0.2, -0.15) is 0 Å². The van der Waals surface area contributed by atoms with Crippen LogP contribution in [0.4, 0.5) is 0 Å². The van der Waals surface area contributed by atoms with Gasteiger partial charge in [0.1, 0.15) is 6.33 Å². The molecular formula is C15H11BrN2O2. The Balaban J connectivity index is 2.17. The van der Waals surface area contributed by atoms with Crippen LogP contribution in [-0.2, 0) is 0 Å². The van der Waals surface area contributed by atoms with E-state index in [0.29, 0.717) is 0 Å². The van der Waals surface area contributed by atoms with Crippen LogP contribution < -0.4 is 0 Å². The highest BCUT2D eigenvalue weighted by Crippen LogP contribution is 2.28. The molecular weight excluding hydrogens is 320 g/mol. The summed E-state index contributed by atoms with van der Waals surface area (Å²) in [7, 11) is 0. The number of halogens is 1. The van der Waals surface area contributed by atoms with Crippen molar-refractivity contribution in [2.75, 3.05) is 0 Å². The van der Waals surface area contributed by atoms with E-state index < -0.39 is 5.97 Å². The lowest BCUT2D eigenvalue weighted by atomic mass is 10.0. The molecule has 0 fully saturated rings. The number of aromatic carboxylic acids is 1. The average Bonchev–Trinajstić information content (AvgIpc) is 2.83. The molecule has 20 heavy (non-hydrogen) atoms. The molecule has 0 unspecified atom stereocenters. The average molecular weight is 331 g/mol. The minimum Gasteiger partial charge on any atom is -0.477 e. The highest BCUT2D eigenvalue weighted by Gasteiger charge is 2.09. The molecule has 0 saturated carbocycles. The molecule has 0 aliphatic carbocycles. The smallest absolute Gasteiger partial charge is 0.354 e. The van der Waals surface area contributed by atoms with Gasteiger partial charge < -0.3 is 9.51 Å². The van der Waals surface area contributed by atoms with Crippen LogP contribution in [-0.4, -0.2) is 20.5 Å². The topological polar surface area (TPSA) is 54.6 Å². The Bertz CT molecular complexity index is 824. The largest absolute Gasteiger partial charge is 0.477 e. The van der Waals surface area contributed by atoms with Gasteiger partial charge in [0.05, 0.1) is 0 Å². The first-order valence-electron chi connectivity index (χ1n) is 6.02. The molecule has 100 valence electrons. The van der Waals surface area contributed by atoms with E-state index in [4.69, 9.17) is 5.11 Å². The van der Waals surface area contributed by atoms with Gasteiger partial charge in [0.15, 0.2) is 5.69 Å². The number of aryl methyl sites for hydroxylation is 1. The normalized spacial score (nSPS) is 10.9. The zero-order valence-corrected chi connectivity index (χ0v) is 12.3. The predicted molar refractivity (Wildman–Crippen MR) is 80.0 cm³/mol. The number of hydrogen-bond donors (Lipinski definition) is 1. The van der Waals surface area contributed by atoms with E-state index in [2.05, 4.69) is 27.0 Å². The minimum atomic E-state index is -1.02. The van der Waals surface area contributed by atoms with E-state index in [1.807, 2.05) is 35.7 Å². The van der Waals surface area contributed by atoms with Crippen LogP contribution >= 0.6 is 15.9 Å². The maximum absolute atomic E-state index is 10.9. The van der Waals surface area contributed by atoms with Gasteiger partial charge in [-0.05, 0) is 42.3 Å². The number of fused-ring (bicyclic) bond motifs is 1. The maximum atomic E-state index is 10.9. The molecule has 4 nitrogen and oxygen atoms in total. The quantitative estimate of drug-likeness (QED) is 0.778. The molecule has 0 amide bonds. The summed E-state index contributed by atoms with van der Waals surface area (Å²) in [6, 6.07) is 9.62. The molecule has 5 heteroatoms. The third-order valence-electron chi connectivity index (χ3n) is 3.22. The highest BCUT2D eigenvalue weighted by atomic mass is 79.9. The summed E-state index contributed by atoms with van der Waals surface area (Å²) < 4.78 is 2.83. The van der Waals surface area contributed by atoms with Crippen LogP contribution in [0, 0.1) is 6.92 Å². The van der Waals surface area contributed by atoms with Crippen molar-refractivity contribution in [3.8, 4) is 11.1 Å². The first-order valence-corrected chi connectivity index (χ1v) is 6.81. The van der Waals surface area contributed by atoms with Crippen molar-refractivity contribution >= 4 is 27.4 Å². The van der Waals surface area contributed by atoms with E-state index in [-0.39, 0.29) is 5.69 Å². The van der Waals surface area contributed by atoms with Crippen LogP contribution in [0.15, 0.2) is 47.3 Å². The molecule has 0 atom stereocenters. The molecule has 0 spiro atoms. The number of carboxylic acids is 1. The van der Waals surface area contributed by atoms with Crippen LogP contribution in [0.1, 0.15) is 16.1 Å². The van der Waals surface area contributed by atoms with Crippen molar-refractivity contribution in [2.24, 2.45) is 0 Å². The molecule has 1 aromatic carbocycles. The molecule has 0 bridgehead atoms. The SMILES string of the molecule is Cc1ccc(Br)cc1-c1cc2cc(C(=O)O)ncn2c1. The molecule has 0 aliphatic rings. The molecule has 3 rings (SSSR count). The van der Waals surface area contributed by atoms with Gasteiger partial charge in [0.25, 0.3) is 0 Å². The number of carbonyl (C=O) groups is 1. The molecule has 0 saturated heterocycles. The van der Waals surface area contributed by atoms with Crippen LogP contribution in [0.5, 0.6) is 0 Å². The Kier molecular flexibility index (Phi) is 3.06. The number of rotatable bonds is 2. The van der Waals surface area contributed by atoms with E-state index in [1.165, 1.54) is 6.33 Å². The van der Waals surface area contributed by atoms with Gasteiger partial charge in [0.2, 0.25) is 0 Å². The van der Waals surface area contributed by atoms with E-state index in [1.54, 1.807) is 6.07 Å². The Hall–Kier alpha value is -2.14. The lowest BCUT2D eigenvalue weighted by Crippen LogP contribution is -2.00. The standard InChI is InChI=1S/C15H11BrN2O2/c1-9-2-3-11(16)5-13(9)10-4-12-6-14(15(19)20)17-8-18(12)7-10/h2-8H,1H3,(H,19,20). The van der Waals surface area contributed by atoms with Crippen molar-refractivity contribution in [2.45, 2.75) is 6.92 Å². The van der Waals surface area contributed by atoms with Crippen LogP contribution in [0.2, 0.25) is 0 Å². The Morgan fingerprint density at radius 3 is 2.85 bits per heavy atom. The van der Waals surface area contributed by atoms with Gasteiger partial charge in [-0.25, -0.2) is 9.78 Å². The van der Waals surface area contributed by atoms with Gasteiger partial charge in [-0.3, -0.25) is 0 Å². The molecule has 2 aromatic heterocycles. The third-order valence-corrected chi connectivity index (χ3v) is 3.71. The second-order valence-electron chi connectivity index (χ2n) is 4.60. The number of nitrogens with zero attached hydrogens (tertiary/aromatic N) is 2. The van der Waals surface area contributed by atoms with Crippen molar-refractivity contribution in [3.05, 3.63) is 58.6 Å². The van der Waals surface area contributed by atoms with E-state index in [0.717, 1.165) is 26.7 Å². The Morgan fingerprint density at radius 2 is 2.10 bits per heavy atom. The zero-order chi connectivity index (χ0) is 14.3. The van der Waals surface area contributed by atoms with Gasteiger partial charge in [-0.15, -0.1) is 0 Å².